The fraction of sp³-hybridized carbons (Fsp3) is 0.182. The van der Waals surface area contributed by atoms with E-state index in [9.17, 15) is 4.39 Å². The Labute approximate surface area is 103 Å². The normalized spacial score (nSPS) is 10.5. The Morgan fingerprint density at radius 2 is 2.06 bits per heavy atom. The van der Waals surface area contributed by atoms with E-state index in [4.69, 9.17) is 18.0 Å². The number of benzene rings is 1. The Hall–Kier alpha value is -1.82. The van der Waals surface area contributed by atoms with Crippen LogP contribution in [0.1, 0.15) is 17.0 Å². The molecule has 0 bridgehead atoms. The number of nitrogens with two attached hydrogens (primary N) is 1. The molecule has 0 unspecified atom stereocenters. The van der Waals surface area contributed by atoms with Crippen LogP contribution in [0.5, 0.6) is 0 Å². The topological polar surface area (TPSA) is 56.7 Å². The molecule has 0 saturated carbocycles. The van der Waals surface area contributed by atoms with Crippen LogP contribution in [0.2, 0.25) is 0 Å². The zero-order valence-electron chi connectivity index (χ0n) is 9.22. The van der Waals surface area contributed by atoms with Crippen molar-refractivity contribution in [2.75, 3.05) is 0 Å². The van der Waals surface area contributed by atoms with E-state index in [1.54, 1.807) is 16.8 Å². The Bertz CT molecular complexity index is 547. The largest absolute Gasteiger partial charge is 0.388 e. The van der Waals surface area contributed by atoms with Crippen molar-refractivity contribution in [2.24, 2.45) is 5.73 Å². The maximum absolute atomic E-state index is 12.7. The number of hydrogen-bond donors (Lipinski definition) is 1. The lowest BCUT2D eigenvalue weighted by molar-refractivity contribution is 0.617. The molecule has 2 aromatic rings. The molecule has 4 nitrogen and oxygen atoms in total. The van der Waals surface area contributed by atoms with Crippen molar-refractivity contribution in [2.45, 2.75) is 13.5 Å². The second kappa shape index (κ2) is 4.58. The molecule has 0 amide bonds. The molecule has 1 aromatic heterocycles. The third-order valence-corrected chi connectivity index (χ3v) is 2.65. The summed E-state index contributed by atoms with van der Waals surface area (Å²) < 4.78 is 14.4. The Morgan fingerprint density at radius 3 is 2.59 bits per heavy atom. The first-order valence-corrected chi connectivity index (χ1v) is 5.43. The van der Waals surface area contributed by atoms with Gasteiger partial charge in [-0.25, -0.2) is 9.07 Å². The molecule has 0 spiro atoms. The van der Waals surface area contributed by atoms with Gasteiger partial charge in [0.2, 0.25) is 0 Å². The molecule has 17 heavy (non-hydrogen) atoms. The molecule has 0 atom stereocenters. The fourth-order valence-electron chi connectivity index (χ4n) is 1.50. The minimum atomic E-state index is -0.257. The molecule has 2 N–H and O–H groups in total. The van der Waals surface area contributed by atoms with Gasteiger partial charge in [-0.3, -0.25) is 0 Å². The van der Waals surface area contributed by atoms with Crippen LogP contribution in [0.25, 0.3) is 0 Å². The molecule has 0 radical (unpaired) electrons. The van der Waals surface area contributed by atoms with Crippen LogP contribution < -0.4 is 5.73 Å². The summed E-state index contributed by atoms with van der Waals surface area (Å²) in [5, 5.41) is 7.86. The fourth-order valence-corrected chi connectivity index (χ4v) is 1.69. The lowest BCUT2D eigenvalue weighted by Crippen LogP contribution is -2.12. The predicted octanol–water partition coefficient (Wildman–Crippen LogP) is 1.41. The highest BCUT2D eigenvalue weighted by Crippen LogP contribution is 2.08. The van der Waals surface area contributed by atoms with Gasteiger partial charge in [0.25, 0.3) is 0 Å². The Kier molecular flexibility index (Phi) is 3.14. The SMILES string of the molecule is Cc1c(C(N)=S)nnn1Cc1ccc(F)cc1. The zero-order valence-corrected chi connectivity index (χ0v) is 10.0. The first kappa shape index (κ1) is 11.7. The van der Waals surface area contributed by atoms with Gasteiger partial charge in [-0.05, 0) is 24.6 Å². The second-order valence-corrected chi connectivity index (χ2v) is 4.11. The maximum atomic E-state index is 12.7. The summed E-state index contributed by atoms with van der Waals surface area (Å²) in [5.41, 5.74) is 7.78. The number of thiocarbonyl (C=S) groups is 1. The van der Waals surface area contributed by atoms with Gasteiger partial charge in [0.15, 0.2) is 0 Å². The Morgan fingerprint density at radius 1 is 1.41 bits per heavy atom. The van der Waals surface area contributed by atoms with Crippen molar-refractivity contribution in [3.8, 4) is 0 Å². The highest BCUT2D eigenvalue weighted by molar-refractivity contribution is 7.80. The molecule has 1 heterocycles. The van der Waals surface area contributed by atoms with Crippen molar-refractivity contribution in [3.63, 3.8) is 0 Å². The average molecular weight is 250 g/mol. The molecule has 0 aliphatic rings. The first-order valence-electron chi connectivity index (χ1n) is 5.02. The van der Waals surface area contributed by atoms with E-state index in [1.165, 1.54) is 12.1 Å². The Balaban J connectivity index is 2.24. The van der Waals surface area contributed by atoms with Crippen LogP contribution in [0.15, 0.2) is 24.3 Å². The van der Waals surface area contributed by atoms with Gasteiger partial charge >= 0.3 is 0 Å². The summed E-state index contributed by atoms with van der Waals surface area (Å²) in [7, 11) is 0. The number of halogens is 1. The van der Waals surface area contributed by atoms with Crippen LogP contribution in [0, 0.1) is 12.7 Å². The number of aromatic nitrogens is 3. The minimum Gasteiger partial charge on any atom is -0.388 e. The van der Waals surface area contributed by atoms with Gasteiger partial charge in [-0.2, -0.15) is 0 Å². The number of rotatable bonds is 3. The molecule has 2 rings (SSSR count). The number of hydrogen-bond acceptors (Lipinski definition) is 3. The van der Waals surface area contributed by atoms with Crippen molar-refractivity contribution >= 4 is 17.2 Å². The van der Waals surface area contributed by atoms with E-state index in [0.717, 1.165) is 11.3 Å². The summed E-state index contributed by atoms with van der Waals surface area (Å²) in [6, 6.07) is 6.24. The zero-order chi connectivity index (χ0) is 12.4. The first-order chi connectivity index (χ1) is 8.08. The lowest BCUT2D eigenvalue weighted by Gasteiger charge is -2.03. The quantitative estimate of drug-likeness (QED) is 0.837. The molecule has 6 heteroatoms. The summed E-state index contributed by atoms with van der Waals surface area (Å²) in [5.74, 6) is -0.257. The monoisotopic (exact) mass is 250 g/mol. The van der Waals surface area contributed by atoms with E-state index in [1.807, 2.05) is 6.92 Å². The summed E-state index contributed by atoms with van der Waals surface area (Å²) in [4.78, 5) is 0.229. The van der Waals surface area contributed by atoms with Crippen LogP contribution >= 0.6 is 12.2 Å². The third kappa shape index (κ3) is 2.47. The molecular formula is C11H11FN4S. The van der Waals surface area contributed by atoms with Crippen molar-refractivity contribution in [1.29, 1.82) is 0 Å². The molecule has 88 valence electrons. The van der Waals surface area contributed by atoms with Gasteiger partial charge in [0.1, 0.15) is 16.5 Å². The van der Waals surface area contributed by atoms with Crippen LogP contribution in [-0.4, -0.2) is 20.0 Å². The molecule has 0 aliphatic carbocycles. The number of nitrogens with zero attached hydrogens (tertiary/aromatic N) is 3. The average Bonchev–Trinajstić information content (AvgIpc) is 2.64. The molecular weight excluding hydrogens is 239 g/mol. The molecule has 0 fully saturated rings. The molecule has 1 aromatic carbocycles. The summed E-state index contributed by atoms with van der Waals surface area (Å²) in [6.07, 6.45) is 0. The van der Waals surface area contributed by atoms with Crippen molar-refractivity contribution < 1.29 is 4.39 Å². The van der Waals surface area contributed by atoms with Crippen LogP contribution in [0.3, 0.4) is 0 Å². The van der Waals surface area contributed by atoms with Crippen LogP contribution in [0.4, 0.5) is 4.39 Å². The standard InChI is InChI=1S/C11H11FN4S/c1-7-10(11(13)17)14-15-16(7)6-8-2-4-9(12)5-3-8/h2-5H,6H2,1H3,(H2,13,17). The van der Waals surface area contributed by atoms with Crippen LogP contribution in [-0.2, 0) is 6.54 Å². The lowest BCUT2D eigenvalue weighted by atomic mass is 10.2. The van der Waals surface area contributed by atoms with Gasteiger partial charge in [-0.1, -0.05) is 29.6 Å². The van der Waals surface area contributed by atoms with Crippen molar-refractivity contribution in [1.82, 2.24) is 15.0 Å². The van der Waals surface area contributed by atoms with E-state index < -0.39 is 0 Å². The molecule has 0 aliphatic heterocycles. The third-order valence-electron chi connectivity index (χ3n) is 2.46. The summed E-state index contributed by atoms with van der Waals surface area (Å²) >= 11 is 4.86. The highest BCUT2D eigenvalue weighted by atomic mass is 32.1. The maximum Gasteiger partial charge on any atom is 0.142 e. The smallest absolute Gasteiger partial charge is 0.142 e. The van der Waals surface area contributed by atoms with Gasteiger partial charge in [0.05, 0.1) is 12.2 Å². The van der Waals surface area contributed by atoms with E-state index in [0.29, 0.717) is 12.2 Å². The van der Waals surface area contributed by atoms with Gasteiger partial charge < -0.3 is 5.73 Å². The van der Waals surface area contributed by atoms with Gasteiger partial charge in [0, 0.05) is 0 Å². The second-order valence-electron chi connectivity index (χ2n) is 3.67. The van der Waals surface area contributed by atoms with Crippen molar-refractivity contribution in [3.05, 3.63) is 47.0 Å². The minimum absolute atomic E-state index is 0.229. The highest BCUT2D eigenvalue weighted by Gasteiger charge is 2.10. The molecule has 0 saturated heterocycles. The van der Waals surface area contributed by atoms with Gasteiger partial charge in [-0.15, -0.1) is 5.10 Å². The van der Waals surface area contributed by atoms with E-state index in [2.05, 4.69) is 10.3 Å². The predicted molar refractivity (Wildman–Crippen MR) is 66.1 cm³/mol. The van der Waals surface area contributed by atoms with E-state index in [-0.39, 0.29) is 10.8 Å². The van der Waals surface area contributed by atoms with E-state index >= 15 is 0 Å². The summed E-state index contributed by atoms with van der Waals surface area (Å²) in [6.45, 7) is 2.36.